The molecule has 2 aromatic rings. The van der Waals surface area contributed by atoms with E-state index in [0.29, 0.717) is 15.9 Å². The van der Waals surface area contributed by atoms with Gasteiger partial charge in [0.15, 0.2) is 0 Å². The topological polar surface area (TPSA) is 56.7 Å². The van der Waals surface area contributed by atoms with Crippen molar-refractivity contribution in [2.75, 3.05) is 0 Å². The number of hydrogen-bond donors (Lipinski definition) is 1. The van der Waals surface area contributed by atoms with Gasteiger partial charge in [-0.25, -0.2) is 9.07 Å². The van der Waals surface area contributed by atoms with E-state index in [2.05, 4.69) is 26.2 Å². The van der Waals surface area contributed by atoms with Crippen LogP contribution in [0.1, 0.15) is 25.1 Å². The van der Waals surface area contributed by atoms with Crippen LogP contribution in [0.25, 0.3) is 5.69 Å². The summed E-state index contributed by atoms with van der Waals surface area (Å²) >= 11 is 9.26. The maximum atomic E-state index is 13.1. The van der Waals surface area contributed by atoms with Gasteiger partial charge in [0.2, 0.25) is 0 Å². The van der Waals surface area contributed by atoms with Gasteiger partial charge in [-0.3, -0.25) is 0 Å². The minimum absolute atomic E-state index is 0.170. The summed E-state index contributed by atoms with van der Waals surface area (Å²) in [4.78, 5) is 0. The van der Waals surface area contributed by atoms with E-state index in [1.165, 1.54) is 16.8 Å². The van der Waals surface area contributed by atoms with Gasteiger partial charge in [0.25, 0.3) is 0 Å². The SMILES string of the molecule is CCC(N)c1cn(-c2c(Cl)cc(F)cc2Br)nn1. The Labute approximate surface area is 117 Å². The molecule has 0 saturated heterocycles. The Bertz CT molecular complexity index is 549. The first-order valence-electron chi connectivity index (χ1n) is 5.35. The molecule has 0 saturated carbocycles. The maximum absolute atomic E-state index is 13.1. The highest BCUT2D eigenvalue weighted by molar-refractivity contribution is 9.10. The highest BCUT2D eigenvalue weighted by Crippen LogP contribution is 2.29. The van der Waals surface area contributed by atoms with Crippen LogP contribution in [-0.4, -0.2) is 15.0 Å². The highest BCUT2D eigenvalue weighted by Gasteiger charge is 2.14. The van der Waals surface area contributed by atoms with Crippen molar-refractivity contribution in [1.29, 1.82) is 0 Å². The first-order valence-corrected chi connectivity index (χ1v) is 6.52. The molecule has 0 amide bonds. The number of benzene rings is 1. The molecule has 0 aliphatic heterocycles. The number of nitrogens with zero attached hydrogens (tertiary/aromatic N) is 3. The monoisotopic (exact) mass is 332 g/mol. The van der Waals surface area contributed by atoms with E-state index in [1.807, 2.05) is 6.92 Å². The van der Waals surface area contributed by atoms with Crippen molar-refractivity contribution in [3.63, 3.8) is 0 Å². The molecule has 2 rings (SSSR count). The third-order valence-corrected chi connectivity index (χ3v) is 3.43. The zero-order chi connectivity index (χ0) is 13.3. The second-order valence-corrected chi connectivity index (χ2v) is 5.08. The predicted molar refractivity (Wildman–Crippen MR) is 71.2 cm³/mol. The number of halogens is 3. The smallest absolute Gasteiger partial charge is 0.125 e. The summed E-state index contributed by atoms with van der Waals surface area (Å²) in [6.45, 7) is 1.96. The van der Waals surface area contributed by atoms with Crippen molar-refractivity contribution < 1.29 is 4.39 Å². The molecule has 1 aromatic heterocycles. The zero-order valence-electron chi connectivity index (χ0n) is 9.57. The molecule has 7 heteroatoms. The van der Waals surface area contributed by atoms with E-state index < -0.39 is 5.82 Å². The fourth-order valence-electron chi connectivity index (χ4n) is 1.52. The Morgan fingerprint density at radius 1 is 1.56 bits per heavy atom. The van der Waals surface area contributed by atoms with Gasteiger partial charge in [-0.05, 0) is 34.5 Å². The number of hydrogen-bond acceptors (Lipinski definition) is 3. The summed E-state index contributed by atoms with van der Waals surface area (Å²) < 4.78 is 15.1. The van der Waals surface area contributed by atoms with Crippen molar-refractivity contribution in [1.82, 2.24) is 15.0 Å². The second-order valence-electron chi connectivity index (χ2n) is 3.82. The third-order valence-electron chi connectivity index (χ3n) is 2.54. The minimum Gasteiger partial charge on any atom is -0.323 e. The summed E-state index contributed by atoms with van der Waals surface area (Å²) in [7, 11) is 0. The molecule has 18 heavy (non-hydrogen) atoms. The summed E-state index contributed by atoms with van der Waals surface area (Å²) in [6.07, 6.45) is 2.45. The average Bonchev–Trinajstić information content (AvgIpc) is 2.76. The molecule has 1 atom stereocenters. The van der Waals surface area contributed by atoms with E-state index in [-0.39, 0.29) is 11.1 Å². The van der Waals surface area contributed by atoms with Crippen molar-refractivity contribution >= 4 is 27.5 Å². The molecule has 1 heterocycles. The van der Waals surface area contributed by atoms with Crippen LogP contribution in [0.5, 0.6) is 0 Å². The molecule has 1 aromatic carbocycles. The van der Waals surface area contributed by atoms with Gasteiger partial charge in [0.1, 0.15) is 5.82 Å². The Hall–Kier alpha value is -0.980. The van der Waals surface area contributed by atoms with Crippen LogP contribution in [-0.2, 0) is 0 Å². The average molecular weight is 334 g/mol. The molecule has 2 N–H and O–H groups in total. The van der Waals surface area contributed by atoms with Crippen molar-refractivity contribution in [2.24, 2.45) is 5.73 Å². The van der Waals surface area contributed by atoms with Gasteiger partial charge in [-0.2, -0.15) is 0 Å². The van der Waals surface area contributed by atoms with Crippen LogP contribution in [0.2, 0.25) is 5.02 Å². The Balaban J connectivity index is 2.46. The van der Waals surface area contributed by atoms with Crippen molar-refractivity contribution in [3.05, 3.63) is 39.3 Å². The molecule has 0 radical (unpaired) electrons. The Morgan fingerprint density at radius 3 is 2.89 bits per heavy atom. The second kappa shape index (κ2) is 5.34. The molecule has 0 spiro atoms. The van der Waals surface area contributed by atoms with Crippen LogP contribution in [0, 0.1) is 5.82 Å². The van der Waals surface area contributed by atoms with Crippen molar-refractivity contribution in [2.45, 2.75) is 19.4 Å². The van der Waals surface area contributed by atoms with Gasteiger partial charge in [0.05, 0.1) is 28.6 Å². The van der Waals surface area contributed by atoms with Gasteiger partial charge >= 0.3 is 0 Å². The Kier molecular flexibility index (Phi) is 3.99. The lowest BCUT2D eigenvalue weighted by Crippen LogP contribution is -2.08. The van der Waals surface area contributed by atoms with E-state index in [4.69, 9.17) is 17.3 Å². The van der Waals surface area contributed by atoms with E-state index in [0.717, 1.165) is 6.42 Å². The third kappa shape index (κ3) is 2.55. The van der Waals surface area contributed by atoms with Crippen LogP contribution >= 0.6 is 27.5 Å². The fraction of sp³-hybridized carbons (Fsp3) is 0.273. The summed E-state index contributed by atoms with van der Waals surface area (Å²) in [6, 6.07) is 2.38. The van der Waals surface area contributed by atoms with Crippen LogP contribution in [0.15, 0.2) is 22.8 Å². The summed E-state index contributed by atoms with van der Waals surface area (Å²) in [5, 5.41) is 8.19. The lowest BCUT2D eigenvalue weighted by Gasteiger charge is -2.06. The first kappa shape index (κ1) is 13.5. The molecule has 4 nitrogen and oxygen atoms in total. The Morgan fingerprint density at radius 2 is 2.28 bits per heavy atom. The van der Waals surface area contributed by atoms with E-state index in [1.54, 1.807) is 6.20 Å². The molecule has 96 valence electrons. The molecule has 0 bridgehead atoms. The largest absolute Gasteiger partial charge is 0.323 e. The lowest BCUT2D eigenvalue weighted by molar-refractivity contribution is 0.625. The quantitative estimate of drug-likeness (QED) is 0.938. The number of rotatable bonds is 3. The van der Waals surface area contributed by atoms with E-state index >= 15 is 0 Å². The molecule has 1 unspecified atom stereocenters. The molecule has 0 aliphatic rings. The van der Waals surface area contributed by atoms with Crippen LogP contribution < -0.4 is 5.73 Å². The van der Waals surface area contributed by atoms with Gasteiger partial charge < -0.3 is 5.73 Å². The maximum Gasteiger partial charge on any atom is 0.125 e. The van der Waals surface area contributed by atoms with Gasteiger partial charge in [0, 0.05) is 4.47 Å². The summed E-state index contributed by atoms with van der Waals surface area (Å²) in [5.74, 6) is -0.416. The van der Waals surface area contributed by atoms with E-state index in [9.17, 15) is 4.39 Å². The lowest BCUT2D eigenvalue weighted by atomic mass is 10.2. The number of nitrogens with two attached hydrogens (primary N) is 1. The van der Waals surface area contributed by atoms with Crippen LogP contribution in [0.3, 0.4) is 0 Å². The normalized spacial score (nSPS) is 12.7. The highest BCUT2D eigenvalue weighted by atomic mass is 79.9. The van der Waals surface area contributed by atoms with Gasteiger partial charge in [-0.1, -0.05) is 23.7 Å². The van der Waals surface area contributed by atoms with Crippen LogP contribution in [0.4, 0.5) is 4.39 Å². The molecule has 0 fully saturated rings. The predicted octanol–water partition coefficient (Wildman–Crippen LogP) is 3.23. The molecular weight excluding hydrogens is 323 g/mol. The summed E-state index contributed by atoms with van der Waals surface area (Å²) in [5.41, 5.74) is 7.08. The standard InChI is InChI=1S/C11H11BrClFN4/c1-2-9(15)10-5-18(17-16-10)11-7(12)3-6(14)4-8(11)13/h3-5,9H,2,15H2,1H3. The van der Waals surface area contributed by atoms with Gasteiger partial charge in [-0.15, -0.1) is 5.10 Å². The molecule has 0 aliphatic carbocycles. The number of aromatic nitrogens is 3. The minimum atomic E-state index is -0.416. The molecular formula is C11H11BrClFN4. The fourth-order valence-corrected chi connectivity index (χ4v) is 2.54. The zero-order valence-corrected chi connectivity index (χ0v) is 11.9. The first-order chi connectivity index (χ1) is 8.52. The van der Waals surface area contributed by atoms with Crippen molar-refractivity contribution in [3.8, 4) is 5.69 Å².